The van der Waals surface area contributed by atoms with Crippen LogP contribution >= 0.6 is 7.92 Å². The van der Waals surface area contributed by atoms with Gasteiger partial charge in [0.25, 0.3) is 10.1 Å². The normalized spacial score (nSPS) is 15.1. The maximum atomic E-state index is 9.19. The number of hydrogen-bond donors (Lipinski definition) is 1. The average Bonchev–Trinajstić information content (AvgIpc) is 3.18. The Hall–Kier alpha value is -2.52. The predicted molar refractivity (Wildman–Crippen MR) is 249 cm³/mol. The molecule has 4 aromatic rings. The van der Waals surface area contributed by atoms with Crippen LogP contribution in [-0.4, -0.2) is 43.7 Å². The Morgan fingerprint density at radius 2 is 1.12 bits per heavy atom. The van der Waals surface area contributed by atoms with Crippen LogP contribution < -0.4 is 10.0 Å². The third-order valence-electron chi connectivity index (χ3n) is 11.2. The Labute approximate surface area is 368 Å². The Morgan fingerprint density at radius 1 is 0.655 bits per heavy atom. The Kier molecular flexibility index (Phi) is 20.7. The summed E-state index contributed by atoms with van der Waals surface area (Å²) in [5, 5.41) is 5.87. The van der Waals surface area contributed by atoms with Crippen molar-refractivity contribution in [2.45, 2.75) is 155 Å². The zero-order valence-corrected chi connectivity index (χ0v) is 40.2. The fourth-order valence-corrected chi connectivity index (χ4v) is 12.5. The second-order valence-electron chi connectivity index (χ2n) is 17.2. The molecule has 1 N–H and O–H groups in total. The van der Waals surface area contributed by atoms with E-state index in [-0.39, 0.29) is 34.4 Å². The predicted octanol–water partition coefficient (Wildman–Crippen LogP) is 14.8. The van der Waals surface area contributed by atoms with Crippen LogP contribution in [0.25, 0.3) is 27.6 Å². The third-order valence-corrected chi connectivity index (χ3v) is 14.8. The van der Waals surface area contributed by atoms with E-state index in [4.69, 9.17) is 9.29 Å². The van der Waals surface area contributed by atoms with Gasteiger partial charge in [0.05, 0.1) is 12.4 Å². The molecule has 0 aliphatic heterocycles. The van der Waals surface area contributed by atoms with Gasteiger partial charge in [0.15, 0.2) is 0 Å². The quantitative estimate of drug-likeness (QED) is 0.0924. The average molecular weight is 920 g/mol. The summed E-state index contributed by atoms with van der Waals surface area (Å²) < 4.78 is 32.6. The number of ether oxygens (including phenoxy) is 1. The molecule has 0 spiro atoms. The molecule has 6 rings (SSSR count). The molecule has 2 saturated carbocycles. The largest absolute Gasteiger partial charge is 0.686 e. The van der Waals surface area contributed by atoms with Crippen LogP contribution in [-0.2, 0) is 30.5 Å². The molecular weight excluding hydrogens is 848 g/mol. The monoisotopic (exact) mass is 918 g/mol. The summed E-state index contributed by atoms with van der Waals surface area (Å²) in [6, 6.07) is 30.6. The molecule has 0 amide bonds. The van der Waals surface area contributed by atoms with E-state index in [1.54, 1.807) is 5.30 Å². The van der Waals surface area contributed by atoms with E-state index in [0.29, 0.717) is 24.0 Å². The summed E-state index contributed by atoms with van der Waals surface area (Å²) in [5.74, 6) is 2.70. The second kappa shape index (κ2) is 24.1. The van der Waals surface area contributed by atoms with Gasteiger partial charge in [-0.05, 0) is 114 Å². The van der Waals surface area contributed by atoms with E-state index < -0.39 is 10.1 Å². The van der Waals surface area contributed by atoms with E-state index >= 15 is 0 Å². The van der Waals surface area contributed by atoms with Crippen LogP contribution in [0.1, 0.15) is 154 Å². The molecule has 322 valence electrons. The van der Waals surface area contributed by atoms with Crippen molar-refractivity contribution in [3.8, 4) is 28.0 Å². The van der Waals surface area contributed by atoms with Crippen LogP contribution in [0.3, 0.4) is 0 Å². The molecule has 2 aliphatic carbocycles. The fourth-order valence-electron chi connectivity index (χ4n) is 8.52. The minimum atomic E-state index is -3.67. The summed E-state index contributed by atoms with van der Waals surface area (Å²) in [7, 11) is -2.14. The Balaban J connectivity index is 0.000000370. The van der Waals surface area contributed by atoms with E-state index in [9.17, 15) is 8.42 Å². The molecule has 2 fully saturated rings. The van der Waals surface area contributed by atoms with Gasteiger partial charge in [0.2, 0.25) is 0 Å². The second-order valence-corrected chi connectivity index (χ2v) is 21.4. The van der Waals surface area contributed by atoms with Gasteiger partial charge in [0, 0.05) is 25.7 Å². The van der Waals surface area contributed by atoms with Gasteiger partial charge in [0.1, 0.15) is 5.75 Å². The standard InChI is InChI=1S/C36H55OP.C13H12N.CH4O3S.Pd/c1-24(2)28-22-32(25(3)4)35(33(23-28)26(5)6)31-20-15-21-34(37-27(7)8)36(31)38(29-16-11-9-12-17-29)30-18-13-10-14-19-30;1-14-13-10-6-5-9-12(13)11-7-3-2-4-8-11;1-5(2,3)4;/h15,20-27,29-30H,9-14,16-19H2,1-8H3;2-10H,1H3;1H3,(H,2,3,4);/q;-1;;. The molecule has 5 nitrogen and oxygen atoms in total. The van der Waals surface area contributed by atoms with Crippen LogP contribution in [0.2, 0.25) is 0 Å². The van der Waals surface area contributed by atoms with E-state index in [1.807, 2.05) is 43.4 Å². The minimum Gasteiger partial charge on any atom is -0.686 e. The van der Waals surface area contributed by atoms with Crippen LogP contribution in [0.4, 0.5) is 5.69 Å². The van der Waals surface area contributed by atoms with Crippen molar-refractivity contribution >= 4 is 29.0 Å². The molecule has 8 heteroatoms. The number of nitrogens with zero attached hydrogens (tertiary/aromatic N) is 1. The summed E-state index contributed by atoms with van der Waals surface area (Å²) in [6.45, 7) is 18.7. The molecule has 0 saturated heterocycles. The molecule has 0 atom stereocenters. The number of para-hydroxylation sites is 1. The maximum Gasteiger partial charge on any atom is 0.261 e. The first kappa shape index (κ1) is 49.8. The molecule has 4 aromatic carbocycles. The van der Waals surface area contributed by atoms with Gasteiger partial charge < -0.3 is 10.1 Å². The van der Waals surface area contributed by atoms with Gasteiger partial charge >= 0.3 is 0 Å². The van der Waals surface area contributed by atoms with Gasteiger partial charge in [-0.15, -0.1) is 12.7 Å². The van der Waals surface area contributed by atoms with E-state index in [1.165, 1.54) is 109 Å². The van der Waals surface area contributed by atoms with Gasteiger partial charge in [-0.1, -0.05) is 167 Å². The summed E-state index contributed by atoms with van der Waals surface area (Å²) in [6.07, 6.45) is 15.1. The topological polar surface area (TPSA) is 77.7 Å². The summed E-state index contributed by atoms with van der Waals surface area (Å²) in [4.78, 5) is 0. The Bertz CT molecular complexity index is 1880. The third kappa shape index (κ3) is 14.6. The van der Waals surface area contributed by atoms with Gasteiger partial charge in [-0.3, -0.25) is 4.55 Å². The van der Waals surface area contributed by atoms with Crippen LogP contribution in [0.15, 0.2) is 84.9 Å². The zero-order valence-electron chi connectivity index (χ0n) is 36.9. The van der Waals surface area contributed by atoms with Crippen molar-refractivity contribution in [3.05, 3.63) is 107 Å². The molecule has 58 heavy (non-hydrogen) atoms. The number of hydrogen-bond acceptors (Lipinski definition) is 3. The number of benzene rings is 4. The van der Waals surface area contributed by atoms with Gasteiger partial charge in [-0.25, -0.2) is 0 Å². The van der Waals surface area contributed by atoms with Crippen LogP contribution in [0, 0.1) is 0 Å². The summed E-state index contributed by atoms with van der Waals surface area (Å²) in [5.41, 5.74) is 12.7. The SMILES string of the molecule is CC(C)Oc1cccc(-c2c(C(C)C)cc(C(C)C)cc2C(C)C)c1P(C1CCCCC1)C1CCCCC1.CS(=O)(=O)O.C[N-]c1ccccc1-c1ccccc1.[Pd]. The zero-order chi connectivity index (χ0) is 41.7. The summed E-state index contributed by atoms with van der Waals surface area (Å²) >= 11 is 0. The van der Waals surface area contributed by atoms with Crippen molar-refractivity contribution in [1.82, 2.24) is 0 Å². The fraction of sp³-hybridized carbons (Fsp3) is 0.520. The van der Waals surface area contributed by atoms with E-state index in [2.05, 4.69) is 109 Å². The molecule has 0 bridgehead atoms. The van der Waals surface area contributed by atoms with Crippen molar-refractivity contribution < 1.29 is 38.1 Å². The van der Waals surface area contributed by atoms with Crippen molar-refractivity contribution in [1.29, 1.82) is 0 Å². The number of rotatable bonds is 11. The van der Waals surface area contributed by atoms with Gasteiger partial charge in [-0.2, -0.15) is 8.42 Å². The molecule has 2 aliphatic rings. The van der Waals surface area contributed by atoms with Crippen molar-refractivity contribution in [2.24, 2.45) is 0 Å². The minimum absolute atomic E-state index is 0. The van der Waals surface area contributed by atoms with Crippen molar-refractivity contribution in [2.75, 3.05) is 13.3 Å². The molecule has 0 heterocycles. The Morgan fingerprint density at radius 3 is 1.57 bits per heavy atom. The molecule has 0 radical (unpaired) electrons. The van der Waals surface area contributed by atoms with E-state index in [0.717, 1.165) is 17.0 Å². The molecular formula is C50H71NO4PPdS-. The first-order valence-corrected chi connectivity index (χ1v) is 24.9. The van der Waals surface area contributed by atoms with Crippen LogP contribution in [0.5, 0.6) is 5.75 Å². The maximum absolute atomic E-state index is 9.19. The first-order valence-electron chi connectivity index (χ1n) is 21.5. The first-order chi connectivity index (χ1) is 27.1. The smallest absolute Gasteiger partial charge is 0.261 e. The van der Waals surface area contributed by atoms with Crippen molar-refractivity contribution in [3.63, 3.8) is 0 Å². The molecule has 0 aromatic heterocycles. The molecule has 0 unspecified atom stereocenters.